The highest BCUT2D eigenvalue weighted by Gasteiger charge is 2.14. The van der Waals surface area contributed by atoms with Crippen LogP contribution in [0.2, 0.25) is 0 Å². The molecule has 0 aliphatic carbocycles. The number of rotatable bonds is 6. The van der Waals surface area contributed by atoms with Gasteiger partial charge in [0.15, 0.2) is 0 Å². The fourth-order valence-corrected chi connectivity index (χ4v) is 3.38. The Balaban J connectivity index is 1.50. The fraction of sp³-hybridized carbons (Fsp3) is 0.412. The summed E-state index contributed by atoms with van der Waals surface area (Å²) in [6.07, 6.45) is 1.37. The summed E-state index contributed by atoms with van der Waals surface area (Å²) in [6.45, 7) is 3.74. The molecule has 2 aromatic rings. The number of fused-ring (bicyclic) bond motifs is 1. The van der Waals surface area contributed by atoms with E-state index in [1.54, 1.807) is 11.3 Å². The standard InChI is InChI=1S/C17H21NO2S/c1-12(9-15(19)17-3-2-8-21-17)18-11-13-4-5-16-14(10-13)6-7-20-16/h2-5,8,10,12,15,18-19H,6-7,9,11H2,1H3/t12-,15+/m0/s1. The molecule has 0 bridgehead atoms. The van der Waals surface area contributed by atoms with E-state index in [9.17, 15) is 5.11 Å². The van der Waals surface area contributed by atoms with Crippen molar-refractivity contribution in [3.8, 4) is 5.75 Å². The number of thiophene rings is 1. The van der Waals surface area contributed by atoms with Crippen molar-refractivity contribution in [1.29, 1.82) is 0 Å². The molecule has 4 heteroatoms. The minimum Gasteiger partial charge on any atom is -0.493 e. The second-order valence-corrected chi connectivity index (χ2v) is 6.57. The van der Waals surface area contributed by atoms with Gasteiger partial charge in [-0.25, -0.2) is 0 Å². The summed E-state index contributed by atoms with van der Waals surface area (Å²) in [5.41, 5.74) is 2.58. The van der Waals surface area contributed by atoms with Crippen LogP contribution in [0.5, 0.6) is 5.75 Å². The number of aliphatic hydroxyl groups is 1. The topological polar surface area (TPSA) is 41.5 Å². The highest BCUT2D eigenvalue weighted by atomic mass is 32.1. The second kappa shape index (κ2) is 6.60. The van der Waals surface area contributed by atoms with Crippen LogP contribution >= 0.6 is 11.3 Å². The molecule has 1 aromatic heterocycles. The molecule has 0 saturated carbocycles. The first-order valence-corrected chi connectivity index (χ1v) is 8.30. The first kappa shape index (κ1) is 14.6. The van der Waals surface area contributed by atoms with E-state index in [1.807, 2.05) is 17.5 Å². The van der Waals surface area contributed by atoms with Crippen LogP contribution in [0.1, 0.15) is 35.5 Å². The number of hydrogen-bond acceptors (Lipinski definition) is 4. The van der Waals surface area contributed by atoms with Crippen LogP contribution in [0, 0.1) is 0 Å². The van der Waals surface area contributed by atoms with Crippen LogP contribution < -0.4 is 10.1 Å². The summed E-state index contributed by atoms with van der Waals surface area (Å²) in [5.74, 6) is 1.03. The maximum Gasteiger partial charge on any atom is 0.122 e. The molecular formula is C17H21NO2S. The van der Waals surface area contributed by atoms with Crippen molar-refractivity contribution in [3.63, 3.8) is 0 Å². The van der Waals surface area contributed by atoms with Gasteiger partial charge in [-0.3, -0.25) is 0 Å². The Morgan fingerprint density at radius 2 is 2.29 bits per heavy atom. The van der Waals surface area contributed by atoms with Crippen molar-refractivity contribution in [2.45, 2.75) is 38.5 Å². The Kier molecular flexibility index (Phi) is 4.58. The Morgan fingerprint density at radius 3 is 3.10 bits per heavy atom. The lowest BCUT2D eigenvalue weighted by Crippen LogP contribution is -2.27. The zero-order valence-electron chi connectivity index (χ0n) is 12.2. The maximum atomic E-state index is 10.2. The molecule has 2 heterocycles. The lowest BCUT2D eigenvalue weighted by molar-refractivity contribution is 0.157. The largest absolute Gasteiger partial charge is 0.493 e. The van der Waals surface area contributed by atoms with Gasteiger partial charge in [0.05, 0.1) is 12.7 Å². The van der Waals surface area contributed by atoms with Crippen molar-refractivity contribution in [1.82, 2.24) is 5.32 Å². The highest BCUT2D eigenvalue weighted by molar-refractivity contribution is 7.10. The molecule has 0 spiro atoms. The summed E-state index contributed by atoms with van der Waals surface area (Å²) >= 11 is 1.61. The Hall–Kier alpha value is -1.36. The smallest absolute Gasteiger partial charge is 0.122 e. The zero-order chi connectivity index (χ0) is 14.7. The predicted molar refractivity (Wildman–Crippen MR) is 85.8 cm³/mol. The predicted octanol–water partition coefficient (Wildman–Crippen LogP) is 3.28. The second-order valence-electron chi connectivity index (χ2n) is 5.59. The molecule has 1 aromatic carbocycles. The molecule has 0 saturated heterocycles. The van der Waals surface area contributed by atoms with E-state index in [1.165, 1.54) is 11.1 Å². The normalized spacial score (nSPS) is 16.3. The van der Waals surface area contributed by atoms with Crippen LogP contribution in [-0.4, -0.2) is 17.8 Å². The van der Waals surface area contributed by atoms with Crippen LogP contribution in [0.25, 0.3) is 0 Å². The molecule has 1 aliphatic rings. The summed E-state index contributed by atoms with van der Waals surface area (Å²) in [6, 6.07) is 10.6. The van der Waals surface area contributed by atoms with Crippen molar-refractivity contribution < 1.29 is 9.84 Å². The molecule has 2 N–H and O–H groups in total. The third-order valence-corrected chi connectivity index (χ3v) is 4.83. The van der Waals surface area contributed by atoms with Crippen LogP contribution in [0.4, 0.5) is 0 Å². The number of benzene rings is 1. The average molecular weight is 303 g/mol. The molecule has 1 aliphatic heterocycles. The highest BCUT2D eigenvalue weighted by Crippen LogP contribution is 2.26. The van der Waals surface area contributed by atoms with Gasteiger partial charge in [0.1, 0.15) is 5.75 Å². The number of hydrogen-bond donors (Lipinski definition) is 2. The van der Waals surface area contributed by atoms with Gasteiger partial charge in [0.25, 0.3) is 0 Å². The summed E-state index contributed by atoms with van der Waals surface area (Å²) < 4.78 is 5.52. The Labute approximate surface area is 129 Å². The van der Waals surface area contributed by atoms with E-state index in [-0.39, 0.29) is 12.1 Å². The van der Waals surface area contributed by atoms with Crippen molar-refractivity contribution in [2.75, 3.05) is 6.61 Å². The van der Waals surface area contributed by atoms with Gasteiger partial charge in [0.2, 0.25) is 0 Å². The van der Waals surface area contributed by atoms with Crippen molar-refractivity contribution in [2.24, 2.45) is 0 Å². The number of ether oxygens (including phenoxy) is 1. The minimum atomic E-state index is -0.374. The van der Waals surface area contributed by atoms with Gasteiger partial charge in [-0.1, -0.05) is 18.2 Å². The molecule has 112 valence electrons. The average Bonchev–Trinajstić information content (AvgIpc) is 3.15. The van der Waals surface area contributed by atoms with Crippen molar-refractivity contribution >= 4 is 11.3 Å². The molecule has 0 unspecified atom stereocenters. The van der Waals surface area contributed by atoms with Gasteiger partial charge in [-0.15, -0.1) is 11.3 Å². The monoisotopic (exact) mass is 303 g/mol. The SMILES string of the molecule is C[C@@H](C[C@@H](O)c1cccs1)NCc1ccc2c(c1)CCO2. The maximum absolute atomic E-state index is 10.2. The number of aliphatic hydroxyl groups excluding tert-OH is 1. The van der Waals surface area contributed by atoms with E-state index in [0.717, 1.165) is 36.6 Å². The molecule has 0 fully saturated rings. The van der Waals surface area contributed by atoms with E-state index in [2.05, 4.69) is 30.4 Å². The quantitative estimate of drug-likeness (QED) is 0.860. The molecule has 0 amide bonds. The fourth-order valence-electron chi connectivity index (χ4n) is 2.66. The summed E-state index contributed by atoms with van der Waals surface area (Å²) in [5, 5.41) is 15.6. The molecule has 0 radical (unpaired) electrons. The summed E-state index contributed by atoms with van der Waals surface area (Å²) in [7, 11) is 0. The van der Waals surface area contributed by atoms with Gasteiger partial charge < -0.3 is 15.2 Å². The third kappa shape index (κ3) is 3.64. The van der Waals surface area contributed by atoms with E-state index in [4.69, 9.17) is 4.74 Å². The van der Waals surface area contributed by atoms with Gasteiger partial charge >= 0.3 is 0 Å². The Morgan fingerprint density at radius 1 is 1.38 bits per heavy atom. The molecule has 3 nitrogen and oxygen atoms in total. The lowest BCUT2D eigenvalue weighted by Gasteiger charge is -2.17. The van der Waals surface area contributed by atoms with Crippen LogP contribution in [0.3, 0.4) is 0 Å². The third-order valence-electron chi connectivity index (χ3n) is 3.86. The van der Waals surface area contributed by atoms with Gasteiger partial charge in [-0.05, 0) is 42.0 Å². The molecule has 2 atom stereocenters. The zero-order valence-corrected chi connectivity index (χ0v) is 13.0. The Bertz CT molecular complexity index is 582. The van der Waals surface area contributed by atoms with Crippen LogP contribution in [-0.2, 0) is 13.0 Å². The summed E-state index contributed by atoms with van der Waals surface area (Å²) in [4.78, 5) is 1.04. The van der Waals surface area contributed by atoms with Crippen LogP contribution in [0.15, 0.2) is 35.7 Å². The van der Waals surface area contributed by atoms with E-state index >= 15 is 0 Å². The molecule has 21 heavy (non-hydrogen) atoms. The van der Waals surface area contributed by atoms with Gasteiger partial charge in [0, 0.05) is 23.9 Å². The molecule has 3 rings (SSSR count). The van der Waals surface area contributed by atoms with Gasteiger partial charge in [-0.2, -0.15) is 0 Å². The molecular weight excluding hydrogens is 282 g/mol. The first-order valence-electron chi connectivity index (χ1n) is 7.42. The minimum absolute atomic E-state index is 0.270. The number of nitrogens with one attached hydrogen (secondary N) is 1. The van der Waals surface area contributed by atoms with E-state index < -0.39 is 0 Å². The lowest BCUT2D eigenvalue weighted by atomic mass is 10.1. The van der Waals surface area contributed by atoms with Crippen molar-refractivity contribution in [3.05, 3.63) is 51.7 Å². The first-order chi connectivity index (χ1) is 10.2. The van der Waals surface area contributed by atoms with E-state index in [0.29, 0.717) is 0 Å².